The van der Waals surface area contributed by atoms with Gasteiger partial charge in [0.05, 0.1) is 12.8 Å². The van der Waals surface area contributed by atoms with Crippen LogP contribution in [0.5, 0.6) is 0 Å². The molecule has 1 aliphatic rings. The summed E-state index contributed by atoms with van der Waals surface area (Å²) in [6.07, 6.45) is 7.16. The fourth-order valence-electron chi connectivity index (χ4n) is 2.28. The Morgan fingerprint density at radius 3 is 3.00 bits per heavy atom. The number of ether oxygens (including phenoxy) is 1. The summed E-state index contributed by atoms with van der Waals surface area (Å²) in [5, 5.41) is 7.98. The number of aromatic nitrogens is 2. The van der Waals surface area contributed by atoms with Crippen molar-refractivity contribution in [3.8, 4) is 0 Å². The van der Waals surface area contributed by atoms with Crippen LogP contribution in [0.15, 0.2) is 6.20 Å². The second kappa shape index (κ2) is 6.90. The van der Waals surface area contributed by atoms with Crippen LogP contribution in [0.1, 0.15) is 49.8 Å². The van der Waals surface area contributed by atoms with Gasteiger partial charge in [0.25, 0.3) is 0 Å². The first-order valence-corrected chi connectivity index (χ1v) is 7.11. The molecule has 0 saturated heterocycles. The van der Waals surface area contributed by atoms with E-state index in [-0.39, 0.29) is 0 Å². The minimum atomic E-state index is 0.767. The third-order valence-electron chi connectivity index (χ3n) is 3.45. The Bertz CT molecular complexity index is 358. The molecule has 1 aromatic heterocycles. The largest absolute Gasteiger partial charge is 0.383 e. The predicted octanol–water partition coefficient (Wildman–Crippen LogP) is 2.30. The molecule has 0 atom stereocenters. The van der Waals surface area contributed by atoms with Gasteiger partial charge in [-0.1, -0.05) is 13.3 Å². The molecular formula is C14H25N3O. The van der Waals surface area contributed by atoms with E-state index in [9.17, 15) is 0 Å². The van der Waals surface area contributed by atoms with Gasteiger partial charge in [0.15, 0.2) is 0 Å². The van der Waals surface area contributed by atoms with E-state index in [2.05, 4.69) is 22.0 Å². The van der Waals surface area contributed by atoms with E-state index >= 15 is 0 Å². The van der Waals surface area contributed by atoms with E-state index in [1.54, 1.807) is 7.11 Å². The molecule has 1 fully saturated rings. The average Bonchev–Trinajstić information content (AvgIpc) is 3.14. The van der Waals surface area contributed by atoms with Gasteiger partial charge < -0.3 is 10.1 Å². The van der Waals surface area contributed by atoms with Crippen molar-refractivity contribution >= 4 is 0 Å². The number of nitrogens with one attached hydrogen (secondary N) is 1. The van der Waals surface area contributed by atoms with E-state index < -0.39 is 0 Å². The topological polar surface area (TPSA) is 39.1 Å². The summed E-state index contributed by atoms with van der Waals surface area (Å²) in [6, 6.07) is 0. The smallest absolute Gasteiger partial charge is 0.0587 e. The van der Waals surface area contributed by atoms with Crippen molar-refractivity contribution in [1.29, 1.82) is 0 Å². The third kappa shape index (κ3) is 3.56. The third-order valence-corrected chi connectivity index (χ3v) is 3.45. The van der Waals surface area contributed by atoms with Crippen molar-refractivity contribution in [3.05, 3.63) is 17.5 Å². The Kier molecular flexibility index (Phi) is 5.20. The molecular weight excluding hydrogens is 226 g/mol. The Labute approximate surface area is 110 Å². The van der Waals surface area contributed by atoms with E-state index in [1.807, 2.05) is 6.20 Å². The molecule has 0 bridgehead atoms. The van der Waals surface area contributed by atoms with Crippen molar-refractivity contribution in [2.24, 2.45) is 0 Å². The summed E-state index contributed by atoms with van der Waals surface area (Å²) >= 11 is 0. The fourth-order valence-corrected chi connectivity index (χ4v) is 2.28. The van der Waals surface area contributed by atoms with Crippen molar-refractivity contribution in [2.45, 2.75) is 51.6 Å². The van der Waals surface area contributed by atoms with E-state index in [0.717, 1.165) is 32.2 Å². The Morgan fingerprint density at radius 2 is 2.33 bits per heavy atom. The van der Waals surface area contributed by atoms with Crippen LogP contribution in [0.4, 0.5) is 0 Å². The van der Waals surface area contributed by atoms with Gasteiger partial charge in [-0.15, -0.1) is 0 Å². The summed E-state index contributed by atoms with van der Waals surface area (Å²) in [5.41, 5.74) is 2.86. The van der Waals surface area contributed by atoms with Crippen LogP contribution in [0, 0.1) is 0 Å². The number of unbranched alkanes of at least 4 members (excludes halogenated alkanes) is 1. The lowest BCUT2D eigenvalue weighted by Gasteiger charge is -2.09. The summed E-state index contributed by atoms with van der Waals surface area (Å²) in [5.74, 6) is 0.767. The van der Waals surface area contributed by atoms with Gasteiger partial charge in [-0.25, -0.2) is 0 Å². The Morgan fingerprint density at radius 1 is 1.50 bits per heavy atom. The van der Waals surface area contributed by atoms with Crippen molar-refractivity contribution in [1.82, 2.24) is 15.1 Å². The van der Waals surface area contributed by atoms with E-state index in [4.69, 9.17) is 4.74 Å². The molecule has 18 heavy (non-hydrogen) atoms. The molecule has 4 heteroatoms. The maximum Gasteiger partial charge on any atom is 0.0587 e. The van der Waals surface area contributed by atoms with Gasteiger partial charge in [0.2, 0.25) is 0 Å². The lowest BCUT2D eigenvalue weighted by Crippen LogP contribution is -2.19. The molecule has 0 unspecified atom stereocenters. The zero-order valence-electron chi connectivity index (χ0n) is 11.6. The number of hydrogen-bond acceptors (Lipinski definition) is 3. The molecule has 4 nitrogen and oxygen atoms in total. The van der Waals surface area contributed by atoms with Crippen LogP contribution in [0.25, 0.3) is 0 Å². The maximum absolute atomic E-state index is 5.04. The van der Waals surface area contributed by atoms with Crippen LogP contribution in [0.2, 0.25) is 0 Å². The van der Waals surface area contributed by atoms with Crippen LogP contribution in [-0.2, 0) is 17.8 Å². The molecule has 0 amide bonds. The highest BCUT2D eigenvalue weighted by atomic mass is 16.5. The van der Waals surface area contributed by atoms with Gasteiger partial charge in [-0.05, 0) is 19.3 Å². The Balaban J connectivity index is 1.94. The van der Waals surface area contributed by atoms with Gasteiger partial charge in [0, 0.05) is 43.9 Å². The second-order valence-electron chi connectivity index (χ2n) is 5.08. The highest BCUT2D eigenvalue weighted by molar-refractivity contribution is 5.25. The number of aryl methyl sites for hydroxylation is 1. The van der Waals surface area contributed by atoms with Gasteiger partial charge in [-0.3, -0.25) is 4.68 Å². The van der Waals surface area contributed by atoms with Gasteiger partial charge in [-0.2, -0.15) is 5.10 Å². The summed E-state index contributed by atoms with van der Waals surface area (Å²) < 4.78 is 7.28. The van der Waals surface area contributed by atoms with Gasteiger partial charge >= 0.3 is 0 Å². The zero-order chi connectivity index (χ0) is 12.8. The molecule has 0 radical (unpaired) electrons. The standard InChI is InChI=1S/C14H25N3O/c1-3-4-8-17-14(12-5-6-12)13(11-16-17)10-15-7-9-18-2/h11-12,15H,3-10H2,1-2H3. The maximum atomic E-state index is 5.04. The molecule has 1 aromatic rings. The summed E-state index contributed by atoms with van der Waals surface area (Å²) in [4.78, 5) is 0. The molecule has 1 heterocycles. The first kappa shape index (κ1) is 13.6. The number of rotatable bonds is 9. The molecule has 0 aliphatic heterocycles. The van der Waals surface area contributed by atoms with Crippen molar-refractivity contribution in [2.75, 3.05) is 20.3 Å². The minimum Gasteiger partial charge on any atom is -0.383 e. The lowest BCUT2D eigenvalue weighted by molar-refractivity contribution is 0.199. The molecule has 0 aromatic carbocycles. The molecule has 102 valence electrons. The van der Waals surface area contributed by atoms with E-state index in [0.29, 0.717) is 0 Å². The summed E-state index contributed by atoms with van der Waals surface area (Å²) in [6.45, 7) is 5.89. The van der Waals surface area contributed by atoms with Crippen LogP contribution in [-0.4, -0.2) is 30.0 Å². The first-order chi connectivity index (χ1) is 8.86. The number of methoxy groups -OCH3 is 1. The van der Waals surface area contributed by atoms with Crippen molar-refractivity contribution < 1.29 is 4.74 Å². The number of hydrogen-bond donors (Lipinski definition) is 1. The van der Waals surface area contributed by atoms with Crippen LogP contribution >= 0.6 is 0 Å². The fraction of sp³-hybridized carbons (Fsp3) is 0.786. The van der Waals surface area contributed by atoms with Crippen LogP contribution in [0.3, 0.4) is 0 Å². The SMILES string of the molecule is CCCCn1ncc(CNCCOC)c1C1CC1. The molecule has 1 aliphatic carbocycles. The van der Waals surface area contributed by atoms with E-state index in [1.165, 1.54) is 36.9 Å². The highest BCUT2D eigenvalue weighted by Crippen LogP contribution is 2.41. The first-order valence-electron chi connectivity index (χ1n) is 7.11. The lowest BCUT2D eigenvalue weighted by atomic mass is 10.1. The quantitative estimate of drug-likeness (QED) is 0.684. The Hall–Kier alpha value is -0.870. The predicted molar refractivity (Wildman–Crippen MR) is 72.7 cm³/mol. The average molecular weight is 251 g/mol. The molecule has 1 saturated carbocycles. The molecule has 2 rings (SSSR count). The summed E-state index contributed by atoms with van der Waals surface area (Å²) in [7, 11) is 1.74. The minimum absolute atomic E-state index is 0.767. The normalized spacial score (nSPS) is 15.2. The van der Waals surface area contributed by atoms with Crippen molar-refractivity contribution in [3.63, 3.8) is 0 Å². The zero-order valence-corrected chi connectivity index (χ0v) is 11.6. The number of nitrogens with zero attached hydrogens (tertiary/aromatic N) is 2. The highest BCUT2D eigenvalue weighted by Gasteiger charge is 2.29. The van der Waals surface area contributed by atoms with Crippen LogP contribution < -0.4 is 5.32 Å². The second-order valence-corrected chi connectivity index (χ2v) is 5.08. The monoisotopic (exact) mass is 251 g/mol. The molecule has 0 spiro atoms. The molecule has 1 N–H and O–H groups in total. The van der Waals surface area contributed by atoms with Gasteiger partial charge in [0.1, 0.15) is 0 Å².